The first kappa shape index (κ1) is 14.1. The summed E-state index contributed by atoms with van der Waals surface area (Å²) in [5.41, 5.74) is 0.207. The van der Waals surface area contributed by atoms with Crippen LogP contribution >= 0.6 is 0 Å². The predicted octanol–water partition coefficient (Wildman–Crippen LogP) is 3.54. The molecule has 112 valence electrons. The standard InChI is InChI=1S/C16H27N3O/c1-3-11-17-13-8-6-4-5-7-12(13)14-18-15(19-20-14)16(2)9-10-16/h12-13,17H,3-11H2,1-2H3. The van der Waals surface area contributed by atoms with E-state index in [-0.39, 0.29) is 5.41 Å². The Morgan fingerprint density at radius 2 is 2.05 bits per heavy atom. The van der Waals surface area contributed by atoms with Crippen LogP contribution < -0.4 is 5.32 Å². The molecule has 4 heteroatoms. The Morgan fingerprint density at radius 3 is 2.80 bits per heavy atom. The molecule has 0 aliphatic heterocycles. The second kappa shape index (κ2) is 5.84. The summed E-state index contributed by atoms with van der Waals surface area (Å²) in [5, 5.41) is 7.95. The molecular weight excluding hydrogens is 250 g/mol. The molecule has 2 saturated carbocycles. The molecule has 0 bridgehead atoms. The Bertz CT molecular complexity index is 439. The molecule has 0 radical (unpaired) electrons. The van der Waals surface area contributed by atoms with Crippen LogP contribution in [0.4, 0.5) is 0 Å². The fraction of sp³-hybridized carbons (Fsp3) is 0.875. The van der Waals surface area contributed by atoms with E-state index in [0.717, 1.165) is 18.3 Å². The van der Waals surface area contributed by atoms with Crippen molar-refractivity contribution in [3.8, 4) is 0 Å². The Kier molecular flexibility index (Phi) is 4.11. The molecular formula is C16H27N3O. The van der Waals surface area contributed by atoms with Gasteiger partial charge in [0.2, 0.25) is 5.89 Å². The van der Waals surface area contributed by atoms with Crippen LogP contribution in [0.1, 0.15) is 82.8 Å². The molecule has 1 aromatic heterocycles. The fourth-order valence-corrected chi connectivity index (χ4v) is 3.22. The van der Waals surface area contributed by atoms with Crippen LogP contribution in [0.25, 0.3) is 0 Å². The van der Waals surface area contributed by atoms with Gasteiger partial charge in [-0.1, -0.05) is 38.3 Å². The molecule has 2 fully saturated rings. The van der Waals surface area contributed by atoms with Crippen LogP contribution in [0.15, 0.2) is 4.52 Å². The van der Waals surface area contributed by atoms with Gasteiger partial charge in [-0.25, -0.2) is 0 Å². The van der Waals surface area contributed by atoms with E-state index >= 15 is 0 Å². The van der Waals surface area contributed by atoms with Gasteiger partial charge in [0.15, 0.2) is 5.82 Å². The summed E-state index contributed by atoms with van der Waals surface area (Å²) >= 11 is 0. The van der Waals surface area contributed by atoms with Crippen molar-refractivity contribution in [2.45, 2.75) is 82.6 Å². The van der Waals surface area contributed by atoms with Crippen molar-refractivity contribution in [3.63, 3.8) is 0 Å². The van der Waals surface area contributed by atoms with Gasteiger partial charge in [0.25, 0.3) is 0 Å². The van der Waals surface area contributed by atoms with Gasteiger partial charge in [-0.2, -0.15) is 4.98 Å². The minimum atomic E-state index is 0.207. The first-order chi connectivity index (χ1) is 9.73. The lowest BCUT2D eigenvalue weighted by atomic mass is 9.94. The number of aromatic nitrogens is 2. The van der Waals surface area contributed by atoms with E-state index < -0.39 is 0 Å². The second-order valence-corrected chi connectivity index (χ2v) is 6.82. The summed E-state index contributed by atoms with van der Waals surface area (Å²) in [6, 6.07) is 0.512. The fourth-order valence-electron chi connectivity index (χ4n) is 3.22. The summed E-state index contributed by atoms with van der Waals surface area (Å²) in [4.78, 5) is 4.75. The lowest BCUT2D eigenvalue weighted by molar-refractivity contribution is 0.301. The van der Waals surface area contributed by atoms with Gasteiger partial charge >= 0.3 is 0 Å². The molecule has 2 aliphatic rings. The van der Waals surface area contributed by atoms with Crippen molar-refractivity contribution in [2.75, 3.05) is 6.54 Å². The summed E-state index contributed by atoms with van der Waals surface area (Å²) in [6.45, 7) is 5.54. The van der Waals surface area contributed by atoms with Gasteiger partial charge in [0, 0.05) is 11.5 Å². The molecule has 1 heterocycles. The van der Waals surface area contributed by atoms with Crippen molar-refractivity contribution >= 4 is 0 Å². The van der Waals surface area contributed by atoms with Crippen molar-refractivity contribution in [1.82, 2.24) is 15.5 Å². The minimum Gasteiger partial charge on any atom is -0.339 e. The molecule has 1 N–H and O–H groups in total. The summed E-state index contributed by atoms with van der Waals surface area (Å²) in [7, 11) is 0. The summed E-state index contributed by atoms with van der Waals surface area (Å²) in [5.74, 6) is 2.22. The zero-order valence-electron chi connectivity index (χ0n) is 12.8. The van der Waals surface area contributed by atoms with Crippen LogP contribution in [0.3, 0.4) is 0 Å². The molecule has 2 unspecified atom stereocenters. The molecule has 0 saturated heterocycles. The topological polar surface area (TPSA) is 51.0 Å². The highest BCUT2D eigenvalue weighted by Crippen LogP contribution is 2.46. The lowest BCUT2D eigenvalue weighted by Gasteiger charge is -2.23. The van der Waals surface area contributed by atoms with Crippen molar-refractivity contribution in [2.24, 2.45) is 0 Å². The monoisotopic (exact) mass is 277 g/mol. The predicted molar refractivity (Wildman–Crippen MR) is 78.8 cm³/mol. The molecule has 3 rings (SSSR count). The van der Waals surface area contributed by atoms with Crippen LogP contribution in [0.5, 0.6) is 0 Å². The molecule has 20 heavy (non-hydrogen) atoms. The minimum absolute atomic E-state index is 0.207. The van der Waals surface area contributed by atoms with Crippen molar-refractivity contribution < 1.29 is 4.52 Å². The van der Waals surface area contributed by atoms with Gasteiger partial charge in [0.05, 0.1) is 5.92 Å². The maximum absolute atomic E-state index is 5.64. The first-order valence-electron chi connectivity index (χ1n) is 8.30. The van der Waals surface area contributed by atoms with E-state index in [0.29, 0.717) is 12.0 Å². The van der Waals surface area contributed by atoms with Crippen LogP contribution in [-0.4, -0.2) is 22.7 Å². The number of hydrogen-bond acceptors (Lipinski definition) is 4. The Morgan fingerprint density at radius 1 is 1.25 bits per heavy atom. The van der Waals surface area contributed by atoms with Gasteiger partial charge in [-0.3, -0.25) is 0 Å². The highest BCUT2D eigenvalue weighted by molar-refractivity contribution is 5.15. The Balaban J connectivity index is 1.75. The van der Waals surface area contributed by atoms with Gasteiger partial charge in [-0.05, 0) is 38.6 Å². The van der Waals surface area contributed by atoms with Gasteiger partial charge in [-0.15, -0.1) is 0 Å². The van der Waals surface area contributed by atoms with Crippen LogP contribution in [0, 0.1) is 0 Å². The lowest BCUT2D eigenvalue weighted by Crippen LogP contribution is -2.35. The number of nitrogens with zero attached hydrogens (tertiary/aromatic N) is 2. The molecule has 0 aromatic carbocycles. The van der Waals surface area contributed by atoms with E-state index in [9.17, 15) is 0 Å². The van der Waals surface area contributed by atoms with E-state index in [2.05, 4.69) is 24.3 Å². The summed E-state index contributed by atoms with van der Waals surface area (Å²) < 4.78 is 5.64. The number of rotatable bonds is 5. The van der Waals surface area contributed by atoms with Crippen molar-refractivity contribution in [1.29, 1.82) is 0 Å². The van der Waals surface area contributed by atoms with Gasteiger partial charge in [0.1, 0.15) is 0 Å². The Hall–Kier alpha value is -0.900. The zero-order chi connectivity index (χ0) is 14.0. The van der Waals surface area contributed by atoms with Crippen molar-refractivity contribution in [3.05, 3.63) is 11.7 Å². The number of nitrogens with one attached hydrogen (secondary N) is 1. The normalized spacial score (nSPS) is 29.1. The second-order valence-electron chi connectivity index (χ2n) is 6.82. The van der Waals surface area contributed by atoms with E-state index in [1.54, 1.807) is 0 Å². The van der Waals surface area contributed by atoms with Gasteiger partial charge < -0.3 is 9.84 Å². The third-order valence-corrected chi connectivity index (χ3v) is 4.97. The smallest absolute Gasteiger partial charge is 0.231 e. The molecule has 2 atom stereocenters. The molecule has 0 spiro atoms. The first-order valence-corrected chi connectivity index (χ1v) is 8.30. The van der Waals surface area contributed by atoms with Crippen LogP contribution in [-0.2, 0) is 5.41 Å². The highest BCUT2D eigenvalue weighted by atomic mass is 16.5. The maximum atomic E-state index is 5.64. The quantitative estimate of drug-likeness (QED) is 0.836. The summed E-state index contributed by atoms with van der Waals surface area (Å²) in [6.07, 6.45) is 9.93. The third kappa shape index (κ3) is 2.90. The number of hydrogen-bond donors (Lipinski definition) is 1. The molecule has 0 amide bonds. The van der Waals surface area contributed by atoms with E-state index in [4.69, 9.17) is 9.51 Å². The Labute approximate surface area is 121 Å². The molecule has 4 nitrogen and oxygen atoms in total. The molecule has 1 aromatic rings. The average Bonchev–Trinajstić information content (AvgIpc) is 3.08. The van der Waals surface area contributed by atoms with E-state index in [1.807, 2.05) is 0 Å². The third-order valence-electron chi connectivity index (χ3n) is 4.97. The maximum Gasteiger partial charge on any atom is 0.231 e. The van der Waals surface area contributed by atoms with Crippen LogP contribution in [0.2, 0.25) is 0 Å². The largest absolute Gasteiger partial charge is 0.339 e. The van der Waals surface area contributed by atoms with E-state index in [1.165, 1.54) is 51.4 Å². The molecule has 2 aliphatic carbocycles. The SMILES string of the molecule is CCCNC1CCCCCC1c1nc(C2(C)CC2)no1. The average molecular weight is 277 g/mol. The zero-order valence-corrected chi connectivity index (χ0v) is 12.8. The highest BCUT2D eigenvalue weighted by Gasteiger charge is 2.44.